The van der Waals surface area contributed by atoms with Crippen molar-refractivity contribution in [3.63, 3.8) is 0 Å². The topological polar surface area (TPSA) is 50.7 Å². The van der Waals surface area contributed by atoms with Crippen LogP contribution in [0.25, 0.3) is 0 Å². The van der Waals surface area contributed by atoms with Crippen molar-refractivity contribution >= 4 is 33.1 Å². The average Bonchev–Trinajstić information content (AvgIpc) is 2.61. The summed E-state index contributed by atoms with van der Waals surface area (Å²) in [6, 6.07) is 1.84. The minimum absolute atomic E-state index is 0.750. The molecule has 2 aromatic rings. The van der Waals surface area contributed by atoms with Gasteiger partial charge in [0.2, 0.25) is 0 Å². The van der Waals surface area contributed by atoms with Gasteiger partial charge in [0.25, 0.3) is 0 Å². The van der Waals surface area contributed by atoms with E-state index in [9.17, 15) is 0 Å². The highest BCUT2D eigenvalue weighted by Crippen LogP contribution is 2.15. The minimum atomic E-state index is 0.750. The number of nitrogens with zero attached hydrogens (tertiary/aromatic N) is 3. The molecule has 0 aliphatic rings. The van der Waals surface area contributed by atoms with Gasteiger partial charge in [0, 0.05) is 10.9 Å². The summed E-state index contributed by atoms with van der Waals surface area (Å²) in [5.41, 5.74) is 2.92. The highest BCUT2D eigenvalue weighted by molar-refractivity contribution is 9.10. The third-order valence-electron chi connectivity index (χ3n) is 1.91. The van der Waals surface area contributed by atoms with Crippen LogP contribution in [0.3, 0.4) is 0 Å². The Kier molecular flexibility index (Phi) is 3.27. The summed E-state index contributed by atoms with van der Waals surface area (Å²) in [6.07, 6.45) is 1.52. The Morgan fingerprint density at radius 2 is 2.27 bits per heavy atom. The summed E-state index contributed by atoms with van der Waals surface area (Å²) in [4.78, 5) is 13.5. The lowest BCUT2D eigenvalue weighted by atomic mass is 10.4. The van der Waals surface area contributed by atoms with Crippen LogP contribution in [0, 0.1) is 6.92 Å². The molecule has 0 saturated heterocycles. The Balaban J connectivity index is 2.02. The van der Waals surface area contributed by atoms with E-state index in [2.05, 4.69) is 36.2 Å². The number of anilines is 1. The lowest BCUT2D eigenvalue weighted by molar-refractivity contribution is 1.06. The minimum Gasteiger partial charge on any atom is -0.365 e. The molecule has 1 N–H and O–H groups in total. The maximum Gasteiger partial charge on any atom is 0.130 e. The van der Waals surface area contributed by atoms with Gasteiger partial charge in [-0.15, -0.1) is 11.3 Å². The van der Waals surface area contributed by atoms with E-state index in [1.54, 1.807) is 11.3 Å². The second kappa shape index (κ2) is 4.67. The largest absolute Gasteiger partial charge is 0.365 e. The molecule has 0 radical (unpaired) electrons. The predicted octanol–water partition coefficient (Wildman–Crippen LogP) is 2.62. The van der Waals surface area contributed by atoms with E-state index in [1.165, 1.54) is 11.2 Å². The van der Waals surface area contributed by atoms with E-state index in [1.807, 2.05) is 18.5 Å². The van der Waals surface area contributed by atoms with Gasteiger partial charge in [0.15, 0.2) is 0 Å². The SMILES string of the molecule is Cc1ncsc1CNc1cc(Br)ncn1. The van der Waals surface area contributed by atoms with Gasteiger partial charge >= 0.3 is 0 Å². The Morgan fingerprint density at radius 3 is 2.93 bits per heavy atom. The highest BCUT2D eigenvalue weighted by Gasteiger charge is 2.01. The van der Waals surface area contributed by atoms with Crippen molar-refractivity contribution in [1.29, 1.82) is 0 Å². The van der Waals surface area contributed by atoms with Gasteiger partial charge < -0.3 is 5.32 Å². The van der Waals surface area contributed by atoms with Gasteiger partial charge in [-0.05, 0) is 22.9 Å². The molecule has 0 unspecified atom stereocenters. The maximum atomic E-state index is 4.18. The summed E-state index contributed by atoms with van der Waals surface area (Å²) in [6.45, 7) is 2.75. The second-order valence-electron chi connectivity index (χ2n) is 2.94. The number of aromatic nitrogens is 3. The normalized spacial score (nSPS) is 10.3. The zero-order valence-corrected chi connectivity index (χ0v) is 10.5. The van der Waals surface area contributed by atoms with Gasteiger partial charge in [-0.1, -0.05) is 0 Å². The molecule has 2 heterocycles. The molecule has 15 heavy (non-hydrogen) atoms. The molecular formula is C9H9BrN4S. The number of halogens is 1. The monoisotopic (exact) mass is 284 g/mol. The lowest BCUT2D eigenvalue weighted by Crippen LogP contribution is -2.01. The molecule has 0 amide bonds. The predicted molar refractivity (Wildman–Crippen MR) is 63.9 cm³/mol. The average molecular weight is 285 g/mol. The van der Waals surface area contributed by atoms with Crippen molar-refractivity contribution in [2.24, 2.45) is 0 Å². The molecule has 0 spiro atoms. The summed E-state index contributed by atoms with van der Waals surface area (Å²) in [5.74, 6) is 0.810. The van der Waals surface area contributed by atoms with Crippen LogP contribution in [-0.2, 0) is 6.54 Å². The van der Waals surface area contributed by atoms with Crippen LogP contribution in [0.5, 0.6) is 0 Å². The Hall–Kier alpha value is -1.01. The van der Waals surface area contributed by atoms with Crippen LogP contribution in [0.4, 0.5) is 5.82 Å². The highest BCUT2D eigenvalue weighted by atomic mass is 79.9. The third-order valence-corrected chi connectivity index (χ3v) is 3.28. The molecule has 78 valence electrons. The van der Waals surface area contributed by atoms with Crippen LogP contribution in [0.2, 0.25) is 0 Å². The Morgan fingerprint density at radius 1 is 1.40 bits per heavy atom. The molecule has 6 heteroatoms. The van der Waals surface area contributed by atoms with Crippen molar-refractivity contribution in [3.8, 4) is 0 Å². The molecule has 0 aliphatic heterocycles. The summed E-state index contributed by atoms with van der Waals surface area (Å²) in [5, 5.41) is 3.22. The fourth-order valence-electron chi connectivity index (χ4n) is 1.10. The molecule has 2 rings (SSSR count). The van der Waals surface area contributed by atoms with Crippen molar-refractivity contribution < 1.29 is 0 Å². The molecule has 0 aliphatic carbocycles. The number of nitrogens with one attached hydrogen (secondary N) is 1. The molecule has 2 aromatic heterocycles. The van der Waals surface area contributed by atoms with Crippen LogP contribution < -0.4 is 5.32 Å². The van der Waals surface area contributed by atoms with Gasteiger partial charge in [-0.2, -0.15) is 0 Å². The first kappa shape index (κ1) is 10.5. The molecule has 0 fully saturated rings. The molecule has 0 saturated carbocycles. The van der Waals surface area contributed by atoms with Gasteiger partial charge in [-0.3, -0.25) is 0 Å². The summed E-state index contributed by atoms with van der Waals surface area (Å²) >= 11 is 4.94. The third kappa shape index (κ3) is 2.73. The van der Waals surface area contributed by atoms with Crippen molar-refractivity contribution in [2.45, 2.75) is 13.5 Å². The van der Waals surface area contributed by atoms with Crippen LogP contribution in [0.15, 0.2) is 22.5 Å². The van der Waals surface area contributed by atoms with E-state index >= 15 is 0 Å². The zero-order valence-electron chi connectivity index (χ0n) is 8.07. The fraction of sp³-hybridized carbons (Fsp3) is 0.222. The maximum absolute atomic E-state index is 4.18. The van der Waals surface area contributed by atoms with E-state index in [0.29, 0.717) is 0 Å². The van der Waals surface area contributed by atoms with E-state index in [-0.39, 0.29) is 0 Å². The van der Waals surface area contributed by atoms with Gasteiger partial charge in [0.05, 0.1) is 17.7 Å². The summed E-state index contributed by atoms with van der Waals surface area (Å²) in [7, 11) is 0. The molecule has 4 nitrogen and oxygen atoms in total. The molecule has 0 bridgehead atoms. The number of hydrogen-bond acceptors (Lipinski definition) is 5. The smallest absolute Gasteiger partial charge is 0.130 e. The standard InChI is InChI=1S/C9H9BrN4S/c1-6-7(15-5-14-6)3-11-9-2-8(10)12-4-13-9/h2,4-5H,3H2,1H3,(H,11,12,13). The van der Waals surface area contributed by atoms with Gasteiger partial charge in [-0.25, -0.2) is 15.0 Å². The Labute approximate surface area is 99.9 Å². The number of aryl methyl sites for hydroxylation is 1. The van der Waals surface area contributed by atoms with Gasteiger partial charge in [0.1, 0.15) is 16.7 Å². The van der Waals surface area contributed by atoms with E-state index in [4.69, 9.17) is 0 Å². The fourth-order valence-corrected chi connectivity index (χ4v) is 2.12. The van der Waals surface area contributed by atoms with Crippen LogP contribution in [-0.4, -0.2) is 15.0 Å². The van der Waals surface area contributed by atoms with Crippen molar-refractivity contribution in [1.82, 2.24) is 15.0 Å². The van der Waals surface area contributed by atoms with Crippen molar-refractivity contribution in [2.75, 3.05) is 5.32 Å². The molecular weight excluding hydrogens is 276 g/mol. The van der Waals surface area contributed by atoms with Crippen LogP contribution >= 0.6 is 27.3 Å². The second-order valence-corrected chi connectivity index (χ2v) is 4.69. The number of rotatable bonds is 3. The first-order chi connectivity index (χ1) is 7.25. The Bertz CT molecular complexity index is 457. The number of hydrogen-bond donors (Lipinski definition) is 1. The van der Waals surface area contributed by atoms with E-state index in [0.717, 1.165) is 22.7 Å². The zero-order chi connectivity index (χ0) is 10.7. The lowest BCUT2D eigenvalue weighted by Gasteiger charge is -2.03. The molecule has 0 aromatic carbocycles. The number of thiazole rings is 1. The first-order valence-corrected chi connectivity index (χ1v) is 6.03. The summed E-state index contributed by atoms with van der Waals surface area (Å²) < 4.78 is 0.779. The van der Waals surface area contributed by atoms with Crippen LogP contribution in [0.1, 0.15) is 10.6 Å². The van der Waals surface area contributed by atoms with E-state index < -0.39 is 0 Å². The first-order valence-electron chi connectivity index (χ1n) is 4.36. The quantitative estimate of drug-likeness (QED) is 0.881. The van der Waals surface area contributed by atoms with Crippen molar-refractivity contribution in [3.05, 3.63) is 33.1 Å². The molecule has 0 atom stereocenters.